The second-order valence-electron chi connectivity index (χ2n) is 5.75. The standard InChI is InChI=1S/C16H24N2O/c1-11(2)14-10-18(16(19)15(14)17-4)12(3)13-8-6-5-7-9-13/h5-9,11-12,14-15,17H,10H2,1-4H3/t12-,14-,15+/m1/s1. The van der Waals surface area contributed by atoms with E-state index in [0.717, 1.165) is 6.54 Å². The minimum absolute atomic E-state index is 0.0360. The van der Waals surface area contributed by atoms with E-state index >= 15 is 0 Å². The van der Waals surface area contributed by atoms with Crippen molar-refractivity contribution in [1.29, 1.82) is 0 Å². The molecule has 1 aromatic rings. The van der Waals surface area contributed by atoms with Crippen LogP contribution >= 0.6 is 0 Å². The lowest BCUT2D eigenvalue weighted by atomic mass is 9.91. The molecule has 0 spiro atoms. The topological polar surface area (TPSA) is 32.3 Å². The largest absolute Gasteiger partial charge is 0.334 e. The number of nitrogens with one attached hydrogen (secondary N) is 1. The zero-order valence-corrected chi connectivity index (χ0v) is 12.3. The minimum atomic E-state index is -0.0360. The van der Waals surface area contributed by atoms with Crippen molar-refractivity contribution in [3.63, 3.8) is 0 Å². The van der Waals surface area contributed by atoms with Crippen molar-refractivity contribution in [2.24, 2.45) is 11.8 Å². The molecule has 0 unspecified atom stereocenters. The van der Waals surface area contributed by atoms with E-state index in [1.54, 1.807) is 0 Å². The van der Waals surface area contributed by atoms with Gasteiger partial charge in [0.05, 0.1) is 12.1 Å². The van der Waals surface area contributed by atoms with Gasteiger partial charge in [-0.15, -0.1) is 0 Å². The Bertz CT molecular complexity index is 430. The van der Waals surface area contributed by atoms with Crippen LogP contribution in [0.25, 0.3) is 0 Å². The van der Waals surface area contributed by atoms with Gasteiger partial charge in [-0.25, -0.2) is 0 Å². The summed E-state index contributed by atoms with van der Waals surface area (Å²) in [6.45, 7) is 7.35. The van der Waals surface area contributed by atoms with Crippen molar-refractivity contribution < 1.29 is 4.79 Å². The van der Waals surface area contributed by atoms with Crippen LogP contribution in [-0.4, -0.2) is 30.4 Å². The SMILES string of the molecule is CN[C@@H]1C(=O)N([C@H](C)c2ccccc2)C[C@@H]1C(C)C. The van der Waals surface area contributed by atoms with Crippen molar-refractivity contribution in [1.82, 2.24) is 10.2 Å². The fraction of sp³-hybridized carbons (Fsp3) is 0.562. The molecule has 3 heteroatoms. The van der Waals surface area contributed by atoms with Gasteiger partial charge in [-0.05, 0) is 25.5 Å². The van der Waals surface area contributed by atoms with Crippen LogP contribution in [-0.2, 0) is 4.79 Å². The molecule has 0 aliphatic carbocycles. The summed E-state index contributed by atoms with van der Waals surface area (Å²) < 4.78 is 0. The normalized spacial score (nSPS) is 25.1. The number of carbonyl (C=O) groups is 1. The Hall–Kier alpha value is -1.35. The van der Waals surface area contributed by atoms with E-state index < -0.39 is 0 Å². The van der Waals surface area contributed by atoms with E-state index in [0.29, 0.717) is 11.8 Å². The Balaban J connectivity index is 2.20. The zero-order chi connectivity index (χ0) is 14.0. The number of hydrogen-bond donors (Lipinski definition) is 1. The van der Waals surface area contributed by atoms with Gasteiger partial charge < -0.3 is 10.2 Å². The van der Waals surface area contributed by atoms with Crippen LogP contribution < -0.4 is 5.32 Å². The third-order valence-electron chi connectivity index (χ3n) is 4.30. The molecule has 3 nitrogen and oxygen atoms in total. The molecule has 3 atom stereocenters. The van der Waals surface area contributed by atoms with Crippen molar-refractivity contribution >= 4 is 5.91 Å². The van der Waals surface area contributed by atoms with E-state index in [1.165, 1.54) is 5.56 Å². The molecule has 1 aliphatic rings. The highest BCUT2D eigenvalue weighted by atomic mass is 16.2. The predicted octanol–water partition coefficient (Wildman–Crippen LogP) is 2.45. The van der Waals surface area contributed by atoms with Crippen molar-refractivity contribution in [2.75, 3.05) is 13.6 Å². The number of nitrogens with zero attached hydrogens (tertiary/aromatic N) is 1. The monoisotopic (exact) mass is 260 g/mol. The number of rotatable bonds is 4. The van der Waals surface area contributed by atoms with Gasteiger partial charge in [-0.2, -0.15) is 0 Å². The smallest absolute Gasteiger partial charge is 0.240 e. The average Bonchev–Trinajstić information content (AvgIpc) is 2.76. The molecule has 1 amide bonds. The summed E-state index contributed by atoms with van der Waals surface area (Å²) in [4.78, 5) is 14.5. The van der Waals surface area contributed by atoms with Gasteiger partial charge in [0, 0.05) is 12.5 Å². The van der Waals surface area contributed by atoms with Crippen LogP contribution in [0.3, 0.4) is 0 Å². The fourth-order valence-corrected chi connectivity index (χ4v) is 2.98. The van der Waals surface area contributed by atoms with E-state index in [-0.39, 0.29) is 18.0 Å². The first-order valence-corrected chi connectivity index (χ1v) is 7.09. The van der Waals surface area contributed by atoms with Gasteiger partial charge in [0.1, 0.15) is 0 Å². The van der Waals surface area contributed by atoms with Crippen molar-refractivity contribution in [3.05, 3.63) is 35.9 Å². The summed E-state index contributed by atoms with van der Waals surface area (Å²) >= 11 is 0. The Morgan fingerprint density at radius 1 is 1.21 bits per heavy atom. The Labute approximate surface area is 116 Å². The molecule has 104 valence electrons. The highest BCUT2D eigenvalue weighted by Crippen LogP contribution is 2.31. The molecule has 1 aliphatic heterocycles. The molecule has 0 saturated carbocycles. The number of benzene rings is 1. The van der Waals surface area contributed by atoms with E-state index in [9.17, 15) is 4.79 Å². The predicted molar refractivity (Wildman–Crippen MR) is 77.7 cm³/mol. The summed E-state index contributed by atoms with van der Waals surface area (Å²) in [5.74, 6) is 1.13. The van der Waals surface area contributed by atoms with Gasteiger partial charge in [-0.3, -0.25) is 4.79 Å². The van der Waals surface area contributed by atoms with Crippen LogP contribution in [0, 0.1) is 11.8 Å². The average molecular weight is 260 g/mol. The van der Waals surface area contributed by atoms with E-state index in [4.69, 9.17) is 0 Å². The van der Waals surface area contributed by atoms with Crippen molar-refractivity contribution in [2.45, 2.75) is 32.9 Å². The molecule has 0 radical (unpaired) electrons. The molecule has 2 rings (SSSR count). The summed E-state index contributed by atoms with van der Waals surface area (Å²) in [5.41, 5.74) is 1.20. The lowest BCUT2D eigenvalue weighted by Crippen LogP contribution is -2.40. The van der Waals surface area contributed by atoms with Gasteiger partial charge in [0.2, 0.25) is 5.91 Å². The van der Waals surface area contributed by atoms with E-state index in [2.05, 4.69) is 38.2 Å². The van der Waals surface area contributed by atoms with Gasteiger partial charge in [-0.1, -0.05) is 44.2 Å². The molecule has 1 aromatic carbocycles. The minimum Gasteiger partial charge on any atom is -0.334 e. The van der Waals surface area contributed by atoms with Gasteiger partial charge in [0.25, 0.3) is 0 Å². The molecule has 0 bridgehead atoms. The summed E-state index contributed by atoms with van der Waals surface area (Å²) in [5, 5.41) is 3.19. The number of likely N-dealkylation sites (tertiary alicyclic amines) is 1. The van der Waals surface area contributed by atoms with Crippen LogP contribution in [0.15, 0.2) is 30.3 Å². The molecular formula is C16H24N2O. The van der Waals surface area contributed by atoms with E-state index in [1.807, 2.05) is 30.1 Å². The second kappa shape index (κ2) is 5.74. The number of carbonyl (C=O) groups excluding carboxylic acids is 1. The van der Waals surface area contributed by atoms with Crippen LogP contribution in [0.2, 0.25) is 0 Å². The number of likely N-dealkylation sites (N-methyl/N-ethyl adjacent to an activating group) is 1. The molecule has 19 heavy (non-hydrogen) atoms. The zero-order valence-electron chi connectivity index (χ0n) is 12.3. The number of hydrogen-bond acceptors (Lipinski definition) is 2. The molecule has 1 heterocycles. The highest BCUT2D eigenvalue weighted by Gasteiger charge is 2.42. The summed E-state index contributed by atoms with van der Waals surface area (Å²) in [6.07, 6.45) is 0. The molecule has 0 aromatic heterocycles. The fourth-order valence-electron chi connectivity index (χ4n) is 2.98. The Kier molecular flexibility index (Phi) is 4.25. The lowest BCUT2D eigenvalue weighted by molar-refractivity contribution is -0.131. The highest BCUT2D eigenvalue weighted by molar-refractivity contribution is 5.85. The summed E-state index contributed by atoms with van der Waals surface area (Å²) in [6, 6.07) is 10.4. The van der Waals surface area contributed by atoms with Crippen LogP contribution in [0.4, 0.5) is 0 Å². The van der Waals surface area contributed by atoms with Crippen LogP contribution in [0.1, 0.15) is 32.4 Å². The Morgan fingerprint density at radius 2 is 1.84 bits per heavy atom. The van der Waals surface area contributed by atoms with Crippen molar-refractivity contribution in [3.8, 4) is 0 Å². The quantitative estimate of drug-likeness (QED) is 0.902. The molecule has 1 N–H and O–H groups in total. The summed E-state index contributed by atoms with van der Waals surface area (Å²) in [7, 11) is 1.88. The molecular weight excluding hydrogens is 236 g/mol. The third kappa shape index (κ3) is 2.66. The van der Waals surface area contributed by atoms with Gasteiger partial charge >= 0.3 is 0 Å². The van der Waals surface area contributed by atoms with Gasteiger partial charge in [0.15, 0.2) is 0 Å². The maximum atomic E-state index is 12.5. The third-order valence-corrected chi connectivity index (χ3v) is 4.30. The maximum absolute atomic E-state index is 12.5. The molecule has 1 fully saturated rings. The maximum Gasteiger partial charge on any atom is 0.240 e. The molecule has 1 saturated heterocycles. The second-order valence-corrected chi connectivity index (χ2v) is 5.75. The Morgan fingerprint density at radius 3 is 2.32 bits per heavy atom. The first kappa shape index (κ1) is 14.1. The lowest BCUT2D eigenvalue weighted by Gasteiger charge is -2.25. The first-order valence-electron chi connectivity index (χ1n) is 7.09. The number of amides is 1. The van der Waals surface area contributed by atoms with Crippen LogP contribution in [0.5, 0.6) is 0 Å². The first-order chi connectivity index (χ1) is 9.06.